The standard InChI is InChI=1S/C16H14N2O3/c1-17-11-8-7-10(14(17)19)12-13(11)16(21)18(15(12)20)9-5-3-2-4-6-9/h2-8,10-13H,1H3/t10-,11+,12-,13+/m1/s1. The summed E-state index contributed by atoms with van der Waals surface area (Å²) in [6, 6.07) is 8.61. The average Bonchev–Trinajstić information content (AvgIpc) is 2.78. The van der Waals surface area contributed by atoms with Crippen LogP contribution in [0.5, 0.6) is 0 Å². The summed E-state index contributed by atoms with van der Waals surface area (Å²) in [6.07, 6.45) is 3.67. The molecule has 5 heteroatoms. The maximum absolute atomic E-state index is 12.7. The largest absolute Gasteiger partial charge is 0.338 e. The average molecular weight is 282 g/mol. The van der Waals surface area contributed by atoms with Gasteiger partial charge in [0, 0.05) is 7.05 Å². The number of carbonyl (C=O) groups excluding carboxylic acids is 3. The van der Waals surface area contributed by atoms with Crippen LogP contribution in [0.3, 0.4) is 0 Å². The zero-order valence-electron chi connectivity index (χ0n) is 11.5. The van der Waals surface area contributed by atoms with Gasteiger partial charge in [-0.3, -0.25) is 14.4 Å². The zero-order chi connectivity index (χ0) is 14.7. The predicted octanol–water partition coefficient (Wildman–Crippen LogP) is 0.819. The van der Waals surface area contributed by atoms with Crippen molar-refractivity contribution >= 4 is 23.4 Å². The molecule has 3 aliphatic heterocycles. The number of anilines is 1. The molecule has 106 valence electrons. The minimum atomic E-state index is -0.545. The predicted molar refractivity (Wildman–Crippen MR) is 75.1 cm³/mol. The van der Waals surface area contributed by atoms with E-state index in [1.165, 1.54) is 4.90 Å². The molecular formula is C16H14N2O3. The summed E-state index contributed by atoms with van der Waals surface area (Å²) in [5, 5.41) is 0. The number of hydrogen-bond donors (Lipinski definition) is 0. The van der Waals surface area contributed by atoms with E-state index >= 15 is 0 Å². The van der Waals surface area contributed by atoms with E-state index in [9.17, 15) is 14.4 Å². The van der Waals surface area contributed by atoms with Crippen LogP contribution < -0.4 is 4.90 Å². The van der Waals surface area contributed by atoms with Gasteiger partial charge in [-0.25, -0.2) is 4.90 Å². The Balaban J connectivity index is 1.80. The van der Waals surface area contributed by atoms with Gasteiger partial charge in [-0.15, -0.1) is 0 Å². The number of benzene rings is 1. The van der Waals surface area contributed by atoms with Gasteiger partial charge in [-0.1, -0.05) is 30.4 Å². The zero-order valence-corrected chi connectivity index (χ0v) is 11.5. The molecule has 1 aromatic carbocycles. The Labute approximate surface area is 121 Å². The lowest BCUT2D eigenvalue weighted by Gasteiger charge is -2.44. The summed E-state index contributed by atoms with van der Waals surface area (Å²) >= 11 is 0. The number of hydrogen-bond acceptors (Lipinski definition) is 3. The first-order chi connectivity index (χ1) is 10.1. The first-order valence-corrected chi connectivity index (χ1v) is 6.99. The van der Waals surface area contributed by atoms with Gasteiger partial charge >= 0.3 is 0 Å². The first kappa shape index (κ1) is 12.3. The number of fused-ring (bicyclic) bond motifs is 1. The van der Waals surface area contributed by atoms with Gasteiger partial charge in [-0.05, 0) is 12.1 Å². The van der Waals surface area contributed by atoms with E-state index in [-0.39, 0.29) is 23.8 Å². The lowest BCUT2D eigenvalue weighted by atomic mass is 9.70. The van der Waals surface area contributed by atoms with Crippen LogP contribution in [0, 0.1) is 17.8 Å². The van der Waals surface area contributed by atoms with Gasteiger partial charge in [0.15, 0.2) is 0 Å². The SMILES string of the molecule is CN1C(=O)[C@@H]2C=C[C@H]1[C@@H]1C(=O)N(c3ccccc3)C(=O)[C@@H]12. The van der Waals surface area contributed by atoms with Gasteiger partial charge in [0.05, 0.1) is 29.5 Å². The molecule has 0 spiro atoms. The normalized spacial score (nSPS) is 33.9. The molecule has 5 rings (SSSR count). The van der Waals surface area contributed by atoms with Crippen molar-refractivity contribution in [1.29, 1.82) is 0 Å². The van der Waals surface area contributed by atoms with Crippen molar-refractivity contribution in [2.45, 2.75) is 6.04 Å². The number of para-hydroxylation sites is 1. The minimum Gasteiger partial charge on any atom is -0.338 e. The van der Waals surface area contributed by atoms with Crippen LogP contribution in [-0.2, 0) is 14.4 Å². The topological polar surface area (TPSA) is 57.7 Å². The molecule has 2 bridgehead atoms. The third-order valence-corrected chi connectivity index (χ3v) is 4.76. The number of carbonyl (C=O) groups is 3. The molecule has 0 saturated carbocycles. The van der Waals surface area contributed by atoms with E-state index in [1.54, 1.807) is 42.3 Å². The fraction of sp³-hybridized carbons (Fsp3) is 0.312. The van der Waals surface area contributed by atoms with Crippen LogP contribution in [0.2, 0.25) is 0 Å². The van der Waals surface area contributed by atoms with Crippen molar-refractivity contribution in [1.82, 2.24) is 4.90 Å². The van der Waals surface area contributed by atoms with E-state index < -0.39 is 17.8 Å². The first-order valence-electron chi connectivity index (χ1n) is 6.99. The molecule has 1 aromatic rings. The fourth-order valence-electron chi connectivity index (χ4n) is 3.74. The highest BCUT2D eigenvalue weighted by Gasteiger charge is 2.61. The second kappa shape index (κ2) is 4.04. The van der Waals surface area contributed by atoms with Crippen LogP contribution in [0.1, 0.15) is 0 Å². The molecule has 21 heavy (non-hydrogen) atoms. The second-order valence-electron chi connectivity index (χ2n) is 5.75. The van der Waals surface area contributed by atoms with Crippen LogP contribution >= 0.6 is 0 Å². The summed E-state index contributed by atoms with van der Waals surface area (Å²) in [6.45, 7) is 0. The van der Waals surface area contributed by atoms with Gasteiger partial charge in [0.25, 0.3) is 0 Å². The van der Waals surface area contributed by atoms with E-state index in [4.69, 9.17) is 0 Å². The van der Waals surface area contributed by atoms with Crippen LogP contribution in [0.15, 0.2) is 42.5 Å². The van der Waals surface area contributed by atoms with Gasteiger partial charge in [0.1, 0.15) is 0 Å². The minimum absolute atomic E-state index is 0.0696. The number of piperidine rings is 1. The monoisotopic (exact) mass is 282 g/mol. The number of nitrogens with zero attached hydrogens (tertiary/aromatic N) is 2. The molecule has 0 unspecified atom stereocenters. The molecule has 2 fully saturated rings. The van der Waals surface area contributed by atoms with Crippen molar-refractivity contribution in [2.75, 3.05) is 11.9 Å². The van der Waals surface area contributed by atoms with Crippen molar-refractivity contribution in [3.05, 3.63) is 42.5 Å². The number of likely N-dealkylation sites (N-methyl/N-ethyl adjacent to an activating group) is 1. The Morgan fingerprint density at radius 2 is 1.52 bits per heavy atom. The summed E-state index contributed by atoms with van der Waals surface area (Å²) in [5.41, 5.74) is 0.580. The van der Waals surface area contributed by atoms with Crippen LogP contribution in [-0.4, -0.2) is 35.7 Å². The maximum atomic E-state index is 12.7. The molecule has 2 saturated heterocycles. The quantitative estimate of drug-likeness (QED) is 0.566. The Morgan fingerprint density at radius 1 is 0.857 bits per heavy atom. The molecule has 4 atom stereocenters. The fourth-order valence-corrected chi connectivity index (χ4v) is 3.74. The summed E-state index contributed by atoms with van der Waals surface area (Å²) in [5.74, 6) is -2.02. The molecule has 5 nitrogen and oxygen atoms in total. The number of rotatable bonds is 1. The van der Waals surface area contributed by atoms with Gasteiger partial charge in [0.2, 0.25) is 17.7 Å². The lowest BCUT2D eigenvalue weighted by Crippen LogP contribution is -2.57. The molecule has 0 N–H and O–H groups in total. The number of imide groups is 1. The second-order valence-corrected chi connectivity index (χ2v) is 5.75. The van der Waals surface area contributed by atoms with Crippen LogP contribution in [0.4, 0.5) is 5.69 Å². The van der Waals surface area contributed by atoms with E-state index in [0.29, 0.717) is 5.69 Å². The number of amides is 3. The van der Waals surface area contributed by atoms with Crippen molar-refractivity contribution in [2.24, 2.45) is 17.8 Å². The molecule has 4 aliphatic rings. The lowest BCUT2D eigenvalue weighted by molar-refractivity contribution is -0.148. The summed E-state index contributed by atoms with van der Waals surface area (Å²) in [4.78, 5) is 40.5. The maximum Gasteiger partial charge on any atom is 0.240 e. The van der Waals surface area contributed by atoms with Crippen LogP contribution in [0.25, 0.3) is 0 Å². The molecule has 3 amide bonds. The summed E-state index contributed by atoms with van der Waals surface area (Å²) in [7, 11) is 1.70. The molecular weight excluding hydrogens is 268 g/mol. The molecule has 1 aliphatic carbocycles. The molecule has 0 aromatic heterocycles. The highest BCUT2D eigenvalue weighted by molar-refractivity contribution is 6.24. The van der Waals surface area contributed by atoms with Crippen molar-refractivity contribution in [3.8, 4) is 0 Å². The Hall–Kier alpha value is -2.43. The Kier molecular flexibility index (Phi) is 2.37. The smallest absolute Gasteiger partial charge is 0.240 e. The Morgan fingerprint density at radius 3 is 2.24 bits per heavy atom. The van der Waals surface area contributed by atoms with Crippen molar-refractivity contribution < 1.29 is 14.4 Å². The van der Waals surface area contributed by atoms with E-state index in [0.717, 1.165) is 0 Å². The highest BCUT2D eigenvalue weighted by Crippen LogP contribution is 2.46. The van der Waals surface area contributed by atoms with Gasteiger partial charge in [-0.2, -0.15) is 0 Å². The summed E-state index contributed by atoms with van der Waals surface area (Å²) < 4.78 is 0. The molecule has 3 heterocycles. The third-order valence-electron chi connectivity index (χ3n) is 4.76. The van der Waals surface area contributed by atoms with E-state index in [2.05, 4.69) is 0 Å². The molecule has 0 radical (unpaired) electrons. The highest BCUT2D eigenvalue weighted by atomic mass is 16.2. The Bertz CT molecular complexity index is 682. The third kappa shape index (κ3) is 1.43. The van der Waals surface area contributed by atoms with E-state index in [1.807, 2.05) is 12.1 Å². The van der Waals surface area contributed by atoms with Crippen molar-refractivity contribution in [3.63, 3.8) is 0 Å². The van der Waals surface area contributed by atoms with Gasteiger partial charge < -0.3 is 4.90 Å².